The molecule has 0 radical (unpaired) electrons. The number of ketones is 1. The van der Waals surface area contributed by atoms with Crippen LogP contribution in [0.25, 0.3) is 0 Å². The molecular formula is C22H23N5O4S2. The molecule has 1 aliphatic carbocycles. The van der Waals surface area contributed by atoms with Crippen molar-refractivity contribution in [1.82, 2.24) is 10.2 Å². The fraction of sp³-hybridized carbons (Fsp3) is 0.364. The van der Waals surface area contributed by atoms with Crippen molar-refractivity contribution in [1.29, 1.82) is 5.26 Å². The number of anilines is 1. The molecule has 1 aromatic heterocycles. The molecule has 4 rings (SSSR count). The normalized spacial score (nSPS) is 18.2. The smallest absolute Gasteiger partial charge is 0.219 e. The third kappa shape index (κ3) is 3.69. The van der Waals surface area contributed by atoms with E-state index >= 15 is 0 Å². The molecule has 1 atom stereocenters. The quantitative estimate of drug-likeness (QED) is 0.607. The van der Waals surface area contributed by atoms with E-state index in [2.05, 4.69) is 16.3 Å². The van der Waals surface area contributed by atoms with Crippen LogP contribution in [-0.2, 0) is 4.79 Å². The molecule has 11 heteroatoms. The lowest BCUT2D eigenvalue weighted by Crippen LogP contribution is -2.38. The average Bonchev–Trinajstić information content (AvgIpc) is 3.31. The molecule has 1 unspecified atom stereocenters. The number of allylic oxidation sites excluding steroid dienone is 3. The van der Waals surface area contributed by atoms with Gasteiger partial charge in [-0.05, 0) is 25.2 Å². The summed E-state index contributed by atoms with van der Waals surface area (Å²) in [5, 5.41) is 19.2. The van der Waals surface area contributed by atoms with E-state index in [1.54, 1.807) is 17.0 Å². The molecule has 0 amide bonds. The Kier molecular flexibility index (Phi) is 6.49. The molecular weight excluding hydrogens is 462 g/mol. The lowest BCUT2D eigenvalue weighted by atomic mass is 9.75. The number of carbonyl (C=O) groups is 1. The van der Waals surface area contributed by atoms with Crippen LogP contribution in [0.3, 0.4) is 0 Å². The van der Waals surface area contributed by atoms with E-state index in [0.29, 0.717) is 52.8 Å². The van der Waals surface area contributed by atoms with E-state index in [9.17, 15) is 10.1 Å². The van der Waals surface area contributed by atoms with Crippen LogP contribution in [0.2, 0.25) is 0 Å². The van der Waals surface area contributed by atoms with E-state index in [1.807, 2.05) is 6.26 Å². The number of benzene rings is 1. The van der Waals surface area contributed by atoms with Gasteiger partial charge in [-0.2, -0.15) is 5.26 Å². The molecule has 2 N–H and O–H groups in total. The molecule has 0 saturated carbocycles. The first kappa shape index (κ1) is 22.9. The predicted octanol–water partition coefficient (Wildman–Crippen LogP) is 3.59. The predicted molar refractivity (Wildman–Crippen MR) is 126 cm³/mol. The number of Topliss-reactive ketones (excluding diaryl/α,β-unsaturated/α-hetero) is 1. The summed E-state index contributed by atoms with van der Waals surface area (Å²) >= 11 is 2.84. The van der Waals surface area contributed by atoms with Crippen LogP contribution >= 0.6 is 23.1 Å². The van der Waals surface area contributed by atoms with Crippen molar-refractivity contribution in [2.75, 3.05) is 32.5 Å². The summed E-state index contributed by atoms with van der Waals surface area (Å²) in [6.07, 6.45) is 3.62. The number of nitriles is 1. The Morgan fingerprint density at radius 2 is 1.94 bits per heavy atom. The minimum atomic E-state index is -0.697. The number of aromatic nitrogens is 2. The third-order valence-electron chi connectivity index (χ3n) is 5.72. The first-order valence-electron chi connectivity index (χ1n) is 10.1. The van der Waals surface area contributed by atoms with Crippen LogP contribution in [0.1, 0.15) is 30.7 Å². The van der Waals surface area contributed by atoms with Crippen molar-refractivity contribution in [3.8, 4) is 23.3 Å². The van der Waals surface area contributed by atoms with Crippen molar-refractivity contribution in [3.63, 3.8) is 0 Å². The third-order valence-corrected chi connectivity index (χ3v) is 7.60. The zero-order valence-electron chi connectivity index (χ0n) is 18.7. The zero-order chi connectivity index (χ0) is 23.7. The standard InChI is InChI=1S/C22H23N5O4S2/c1-29-15-9-8-11(18(30-2)19(15)31-3)16-12(10-23)20(24)27(21-25-26-22(32-4)33-21)13-6-5-7-14(28)17(13)16/h8-9,16H,5-7,24H2,1-4H3. The number of nitrogens with two attached hydrogens (primary N) is 1. The van der Waals surface area contributed by atoms with Gasteiger partial charge < -0.3 is 19.9 Å². The molecule has 2 aliphatic rings. The molecule has 0 spiro atoms. The van der Waals surface area contributed by atoms with Gasteiger partial charge in [-0.25, -0.2) is 0 Å². The molecule has 1 aromatic carbocycles. The van der Waals surface area contributed by atoms with Gasteiger partial charge in [0.15, 0.2) is 21.6 Å². The second-order valence-corrected chi connectivity index (χ2v) is 9.30. The largest absolute Gasteiger partial charge is 0.493 e. The van der Waals surface area contributed by atoms with Gasteiger partial charge in [-0.1, -0.05) is 29.2 Å². The maximum absolute atomic E-state index is 13.3. The van der Waals surface area contributed by atoms with Crippen LogP contribution in [0.4, 0.5) is 5.13 Å². The van der Waals surface area contributed by atoms with Crippen molar-refractivity contribution >= 4 is 34.0 Å². The first-order valence-corrected chi connectivity index (χ1v) is 12.2. The number of carbonyl (C=O) groups excluding carboxylic acids is 1. The van der Waals surface area contributed by atoms with Gasteiger partial charge in [0.25, 0.3) is 0 Å². The Balaban J connectivity index is 1.99. The van der Waals surface area contributed by atoms with Gasteiger partial charge in [0.1, 0.15) is 5.82 Å². The molecule has 9 nitrogen and oxygen atoms in total. The van der Waals surface area contributed by atoms with Gasteiger partial charge in [-0.15, -0.1) is 10.2 Å². The summed E-state index contributed by atoms with van der Waals surface area (Å²) in [6.45, 7) is 0. The Hall–Kier alpha value is -3.23. The van der Waals surface area contributed by atoms with E-state index < -0.39 is 5.92 Å². The molecule has 0 fully saturated rings. The van der Waals surface area contributed by atoms with Crippen LogP contribution in [0, 0.1) is 11.3 Å². The number of rotatable bonds is 6. The molecule has 172 valence electrons. The number of hydrogen-bond donors (Lipinski definition) is 1. The Labute approximate surface area is 199 Å². The van der Waals surface area contributed by atoms with Crippen molar-refractivity contribution in [2.24, 2.45) is 5.73 Å². The van der Waals surface area contributed by atoms with E-state index in [4.69, 9.17) is 19.9 Å². The summed E-state index contributed by atoms with van der Waals surface area (Å²) in [4.78, 5) is 15.0. The van der Waals surface area contributed by atoms with Gasteiger partial charge in [0, 0.05) is 23.3 Å². The number of ether oxygens (including phenoxy) is 3. The molecule has 1 aliphatic heterocycles. The van der Waals surface area contributed by atoms with Gasteiger partial charge in [0.2, 0.25) is 10.9 Å². The number of hydrogen-bond acceptors (Lipinski definition) is 11. The van der Waals surface area contributed by atoms with Crippen molar-refractivity contribution in [3.05, 3.63) is 40.4 Å². The average molecular weight is 486 g/mol. The number of thioether (sulfide) groups is 1. The van der Waals surface area contributed by atoms with Crippen molar-refractivity contribution in [2.45, 2.75) is 29.5 Å². The number of methoxy groups -OCH3 is 3. The van der Waals surface area contributed by atoms with Crippen LogP contribution in [-0.4, -0.2) is 43.6 Å². The highest BCUT2D eigenvalue weighted by atomic mass is 32.2. The summed E-state index contributed by atoms with van der Waals surface area (Å²) in [6, 6.07) is 5.76. The highest BCUT2D eigenvalue weighted by Gasteiger charge is 2.43. The van der Waals surface area contributed by atoms with Crippen LogP contribution < -0.4 is 24.8 Å². The molecule has 2 aromatic rings. The first-order chi connectivity index (χ1) is 16.0. The topological polar surface area (TPSA) is 124 Å². The van der Waals surface area contributed by atoms with E-state index in [-0.39, 0.29) is 17.2 Å². The highest BCUT2D eigenvalue weighted by molar-refractivity contribution is 8.00. The van der Waals surface area contributed by atoms with Gasteiger partial charge in [-0.3, -0.25) is 9.69 Å². The Morgan fingerprint density at radius 3 is 2.55 bits per heavy atom. The minimum absolute atomic E-state index is 0.0297. The summed E-state index contributed by atoms with van der Waals surface area (Å²) < 4.78 is 17.4. The SMILES string of the molecule is COc1ccc(C2C(C#N)=C(N)N(c3nnc(SC)s3)C3=C2C(=O)CCC3)c(OC)c1OC. The molecule has 33 heavy (non-hydrogen) atoms. The molecule has 2 heterocycles. The summed E-state index contributed by atoms with van der Waals surface area (Å²) in [5.41, 5.74) is 8.71. The fourth-order valence-electron chi connectivity index (χ4n) is 4.34. The zero-order valence-corrected chi connectivity index (χ0v) is 20.3. The number of nitrogens with zero attached hydrogens (tertiary/aromatic N) is 4. The maximum atomic E-state index is 13.3. The Morgan fingerprint density at radius 1 is 1.18 bits per heavy atom. The van der Waals surface area contributed by atoms with E-state index in [0.717, 1.165) is 10.0 Å². The fourth-order valence-corrected chi connectivity index (χ4v) is 5.64. The summed E-state index contributed by atoms with van der Waals surface area (Å²) in [5.74, 6) is 0.761. The lowest BCUT2D eigenvalue weighted by Gasteiger charge is -2.38. The molecule has 0 saturated heterocycles. The van der Waals surface area contributed by atoms with E-state index in [1.165, 1.54) is 44.4 Å². The van der Waals surface area contributed by atoms with Crippen LogP contribution in [0.5, 0.6) is 17.2 Å². The van der Waals surface area contributed by atoms with Crippen LogP contribution in [0.15, 0.2) is 39.1 Å². The summed E-state index contributed by atoms with van der Waals surface area (Å²) in [7, 11) is 4.56. The minimum Gasteiger partial charge on any atom is -0.493 e. The molecule has 0 bridgehead atoms. The second kappa shape index (κ2) is 9.33. The second-order valence-electron chi connectivity index (χ2n) is 7.29. The Bertz CT molecular complexity index is 1210. The monoisotopic (exact) mass is 485 g/mol. The van der Waals surface area contributed by atoms with Gasteiger partial charge >= 0.3 is 0 Å². The maximum Gasteiger partial charge on any atom is 0.219 e. The van der Waals surface area contributed by atoms with Crippen molar-refractivity contribution < 1.29 is 19.0 Å². The lowest BCUT2D eigenvalue weighted by molar-refractivity contribution is -0.116. The van der Waals surface area contributed by atoms with Gasteiger partial charge in [0.05, 0.1) is 38.9 Å². The highest BCUT2D eigenvalue weighted by Crippen LogP contribution is 2.51.